The van der Waals surface area contributed by atoms with Gasteiger partial charge in [0, 0.05) is 31.3 Å². The van der Waals surface area contributed by atoms with E-state index in [1.807, 2.05) is 20.8 Å². The largest absolute Gasteiger partial charge is 0.500 e. The maximum Gasteiger partial charge on any atom is 0.500 e. The second-order valence-corrected chi connectivity index (χ2v) is 9.25. The van der Waals surface area contributed by atoms with E-state index in [-0.39, 0.29) is 11.3 Å². The van der Waals surface area contributed by atoms with E-state index in [9.17, 15) is 9.90 Å². The van der Waals surface area contributed by atoms with Gasteiger partial charge in [0.1, 0.15) is 0 Å². The Morgan fingerprint density at radius 1 is 1.22 bits per heavy atom. The van der Waals surface area contributed by atoms with Gasteiger partial charge in [0.05, 0.1) is 5.92 Å². The van der Waals surface area contributed by atoms with Crippen molar-refractivity contribution < 1.29 is 23.2 Å². The first kappa shape index (κ1) is 18.6. The van der Waals surface area contributed by atoms with Crippen LogP contribution in [0, 0.1) is 17.3 Å². The highest BCUT2D eigenvalue weighted by atomic mass is 28.4. The fourth-order valence-corrected chi connectivity index (χ4v) is 6.86. The molecule has 0 saturated heterocycles. The van der Waals surface area contributed by atoms with E-state index >= 15 is 0 Å². The molecule has 0 aromatic heterocycles. The molecule has 0 heterocycles. The minimum atomic E-state index is -2.62. The van der Waals surface area contributed by atoms with Crippen LogP contribution in [0.2, 0.25) is 6.04 Å². The number of hydrogen-bond acceptors (Lipinski definition) is 4. The third kappa shape index (κ3) is 4.05. The fourth-order valence-electron chi connectivity index (χ4n) is 4.25. The Labute approximate surface area is 140 Å². The van der Waals surface area contributed by atoms with Crippen molar-refractivity contribution in [2.24, 2.45) is 17.3 Å². The van der Waals surface area contributed by atoms with E-state index in [4.69, 9.17) is 13.3 Å². The molecule has 132 valence electrons. The van der Waals surface area contributed by atoms with Crippen LogP contribution in [0.5, 0.6) is 0 Å². The average Bonchev–Trinajstić information content (AvgIpc) is 3.06. The molecule has 0 aromatic carbocycles. The standard InChI is InChI=1S/C17H30O5Si/c1-4-20-23(21-5-2,22-6-3)11-7-9-17-10-8-14(13-17)12-15(17)16(18)19/h8,10,14-15H,4-7,9,11-13H2,1-3H3,(H,18,19). The first-order valence-corrected chi connectivity index (χ1v) is 10.8. The van der Waals surface area contributed by atoms with Gasteiger partial charge in [-0.25, -0.2) is 0 Å². The number of allylic oxidation sites excluding steroid dienone is 2. The van der Waals surface area contributed by atoms with Crippen molar-refractivity contribution in [3.05, 3.63) is 12.2 Å². The van der Waals surface area contributed by atoms with Crippen LogP contribution in [-0.4, -0.2) is 39.7 Å². The number of aliphatic carboxylic acids is 1. The summed E-state index contributed by atoms with van der Waals surface area (Å²) in [4.78, 5) is 11.6. The Kier molecular flexibility index (Phi) is 6.42. The normalized spacial score (nSPS) is 29.3. The lowest BCUT2D eigenvalue weighted by molar-refractivity contribution is -0.144. The average molecular weight is 343 g/mol. The van der Waals surface area contributed by atoms with Crippen molar-refractivity contribution in [3.63, 3.8) is 0 Å². The Bertz CT molecular complexity index is 422. The number of carboxylic acids is 1. The van der Waals surface area contributed by atoms with Crippen LogP contribution in [0.3, 0.4) is 0 Å². The van der Waals surface area contributed by atoms with Gasteiger partial charge in [0.15, 0.2) is 0 Å². The molecule has 0 aromatic rings. The SMILES string of the molecule is CCO[Si](CCCC12C=CC(CC1C(=O)O)C2)(OCC)OCC. The van der Waals surface area contributed by atoms with Crippen LogP contribution in [0.15, 0.2) is 12.2 Å². The van der Waals surface area contributed by atoms with Crippen molar-refractivity contribution in [2.75, 3.05) is 19.8 Å². The van der Waals surface area contributed by atoms with E-state index in [0.29, 0.717) is 25.7 Å². The molecule has 5 nitrogen and oxygen atoms in total. The summed E-state index contributed by atoms with van der Waals surface area (Å²) in [7, 11) is -2.62. The van der Waals surface area contributed by atoms with Gasteiger partial charge in [-0.05, 0) is 52.4 Å². The molecular formula is C17H30O5Si. The zero-order chi connectivity index (χ0) is 16.9. The van der Waals surface area contributed by atoms with Crippen LogP contribution >= 0.6 is 0 Å². The highest BCUT2D eigenvalue weighted by Gasteiger charge is 2.52. The summed E-state index contributed by atoms with van der Waals surface area (Å²) in [5.41, 5.74) is -0.165. The lowest BCUT2D eigenvalue weighted by Gasteiger charge is -2.32. The molecule has 0 spiro atoms. The van der Waals surface area contributed by atoms with Gasteiger partial charge in [0.25, 0.3) is 0 Å². The molecule has 0 amide bonds. The lowest BCUT2D eigenvalue weighted by atomic mass is 9.75. The molecule has 1 saturated carbocycles. The predicted molar refractivity (Wildman–Crippen MR) is 90.1 cm³/mol. The third-order valence-corrected chi connectivity index (χ3v) is 8.24. The number of hydrogen-bond donors (Lipinski definition) is 1. The van der Waals surface area contributed by atoms with Crippen LogP contribution in [0.4, 0.5) is 0 Å². The molecule has 1 fully saturated rings. The first-order chi connectivity index (χ1) is 11.0. The minimum absolute atomic E-state index is 0.165. The van der Waals surface area contributed by atoms with Gasteiger partial charge in [-0.15, -0.1) is 0 Å². The van der Waals surface area contributed by atoms with Gasteiger partial charge >= 0.3 is 14.8 Å². The van der Waals surface area contributed by atoms with Crippen molar-refractivity contribution in [1.29, 1.82) is 0 Å². The molecule has 1 N–H and O–H groups in total. The van der Waals surface area contributed by atoms with Crippen molar-refractivity contribution in [3.8, 4) is 0 Å². The molecule has 6 heteroatoms. The molecule has 2 bridgehead atoms. The van der Waals surface area contributed by atoms with E-state index in [1.54, 1.807) is 0 Å². The third-order valence-electron chi connectivity index (χ3n) is 5.09. The Hall–Kier alpha value is -0.693. The molecule has 2 rings (SSSR count). The first-order valence-electron chi connectivity index (χ1n) is 8.85. The number of fused-ring (bicyclic) bond motifs is 2. The number of carboxylic acid groups (broad SMARTS) is 1. The molecule has 3 atom stereocenters. The van der Waals surface area contributed by atoms with Gasteiger partial charge in [0.2, 0.25) is 0 Å². The topological polar surface area (TPSA) is 65.0 Å². The molecule has 0 radical (unpaired) electrons. The summed E-state index contributed by atoms with van der Waals surface area (Å²) < 4.78 is 17.7. The van der Waals surface area contributed by atoms with Crippen molar-refractivity contribution >= 4 is 14.8 Å². The van der Waals surface area contributed by atoms with E-state index in [2.05, 4.69) is 12.2 Å². The van der Waals surface area contributed by atoms with E-state index in [1.165, 1.54) is 0 Å². The second-order valence-electron chi connectivity index (χ2n) is 6.52. The number of rotatable bonds is 11. The molecule has 23 heavy (non-hydrogen) atoms. The summed E-state index contributed by atoms with van der Waals surface area (Å²) in [6.07, 6.45) is 7.89. The zero-order valence-electron chi connectivity index (χ0n) is 14.5. The monoisotopic (exact) mass is 342 g/mol. The molecule has 0 aliphatic heterocycles. The van der Waals surface area contributed by atoms with Gasteiger partial charge < -0.3 is 18.4 Å². The van der Waals surface area contributed by atoms with Crippen molar-refractivity contribution in [2.45, 2.75) is 52.5 Å². The zero-order valence-corrected chi connectivity index (χ0v) is 15.5. The van der Waals surface area contributed by atoms with Gasteiger partial charge in [-0.3, -0.25) is 4.79 Å². The maximum atomic E-state index is 11.6. The maximum absolute atomic E-state index is 11.6. The minimum Gasteiger partial charge on any atom is -0.481 e. The molecule has 3 unspecified atom stereocenters. The summed E-state index contributed by atoms with van der Waals surface area (Å²) in [6.45, 7) is 7.62. The van der Waals surface area contributed by atoms with Crippen LogP contribution in [-0.2, 0) is 18.1 Å². The highest BCUT2D eigenvalue weighted by molar-refractivity contribution is 6.60. The smallest absolute Gasteiger partial charge is 0.481 e. The molecule has 2 aliphatic carbocycles. The Morgan fingerprint density at radius 2 is 1.83 bits per heavy atom. The van der Waals surface area contributed by atoms with Crippen LogP contribution in [0.1, 0.15) is 46.5 Å². The lowest BCUT2D eigenvalue weighted by Crippen LogP contribution is -2.46. The number of carbonyl (C=O) groups is 1. The summed E-state index contributed by atoms with van der Waals surface area (Å²) in [5, 5.41) is 9.51. The Balaban J connectivity index is 1.98. The predicted octanol–water partition coefficient (Wildman–Crippen LogP) is 3.48. The van der Waals surface area contributed by atoms with E-state index < -0.39 is 14.8 Å². The van der Waals surface area contributed by atoms with Crippen LogP contribution in [0.25, 0.3) is 0 Å². The Morgan fingerprint density at radius 3 is 2.30 bits per heavy atom. The second kappa shape index (κ2) is 7.92. The van der Waals surface area contributed by atoms with Gasteiger partial charge in [-0.2, -0.15) is 0 Å². The van der Waals surface area contributed by atoms with Gasteiger partial charge in [-0.1, -0.05) is 12.2 Å². The summed E-state index contributed by atoms with van der Waals surface area (Å²) >= 11 is 0. The molecule has 2 aliphatic rings. The van der Waals surface area contributed by atoms with Crippen molar-refractivity contribution in [1.82, 2.24) is 0 Å². The molecular weight excluding hydrogens is 312 g/mol. The fraction of sp³-hybridized carbons (Fsp3) is 0.824. The summed E-state index contributed by atoms with van der Waals surface area (Å²) in [5.74, 6) is -0.441. The van der Waals surface area contributed by atoms with Crippen LogP contribution < -0.4 is 0 Å². The highest BCUT2D eigenvalue weighted by Crippen LogP contribution is 2.56. The quantitative estimate of drug-likeness (QED) is 0.460. The summed E-state index contributed by atoms with van der Waals surface area (Å²) in [6, 6.07) is 0.759. The van der Waals surface area contributed by atoms with E-state index in [0.717, 1.165) is 31.7 Å².